The Bertz CT molecular complexity index is 481. The van der Waals surface area contributed by atoms with Crippen LogP contribution >= 0.6 is 0 Å². The molecule has 0 fully saturated rings. The van der Waals surface area contributed by atoms with Crippen LogP contribution in [-0.2, 0) is 0 Å². The van der Waals surface area contributed by atoms with Gasteiger partial charge >= 0.3 is 0 Å². The van der Waals surface area contributed by atoms with E-state index in [0.29, 0.717) is 0 Å². The van der Waals surface area contributed by atoms with E-state index >= 15 is 0 Å². The lowest BCUT2D eigenvalue weighted by Gasteiger charge is -2.18. The molecule has 0 unspecified atom stereocenters. The van der Waals surface area contributed by atoms with Gasteiger partial charge < -0.3 is 0 Å². The van der Waals surface area contributed by atoms with Crippen molar-refractivity contribution in [1.82, 2.24) is 5.32 Å². The Balaban J connectivity index is 2.62. The number of benzene rings is 1. The lowest BCUT2D eigenvalue weighted by molar-refractivity contribution is -0.433. The summed E-state index contributed by atoms with van der Waals surface area (Å²) >= 11 is 0. The van der Waals surface area contributed by atoms with Crippen molar-refractivity contribution in [1.29, 1.82) is 0 Å². The minimum absolute atomic E-state index is 0.167. The number of aryl methyl sites for hydroxylation is 3. The van der Waals surface area contributed by atoms with Crippen molar-refractivity contribution < 1.29 is 4.58 Å². The zero-order chi connectivity index (χ0) is 13.5. The Labute approximate surface area is 111 Å². The molecule has 2 rings (SSSR count). The molecule has 0 saturated carbocycles. The zero-order valence-electron chi connectivity index (χ0n) is 12.5. The van der Waals surface area contributed by atoms with Crippen LogP contribution in [0, 0.1) is 26.2 Å². The fourth-order valence-electron chi connectivity index (χ4n) is 2.99. The molecule has 1 aromatic rings. The highest BCUT2D eigenvalue weighted by Gasteiger charge is 2.34. The molecule has 1 aliphatic heterocycles. The van der Waals surface area contributed by atoms with Crippen LogP contribution in [-0.4, -0.2) is 23.5 Å². The molecule has 1 aromatic carbocycles. The average molecular weight is 245 g/mol. The molecule has 1 N–H and O–H groups in total. The highest BCUT2D eigenvalue weighted by atomic mass is 15.2. The van der Waals surface area contributed by atoms with Gasteiger partial charge in [0.25, 0.3) is 5.84 Å². The highest BCUT2D eigenvalue weighted by molar-refractivity contribution is 5.84. The molecule has 0 amide bonds. The van der Waals surface area contributed by atoms with Crippen molar-refractivity contribution >= 4 is 11.5 Å². The lowest BCUT2D eigenvalue weighted by Crippen LogP contribution is -2.34. The van der Waals surface area contributed by atoms with Crippen LogP contribution in [0.3, 0.4) is 0 Å². The Morgan fingerprint density at radius 2 is 1.61 bits per heavy atom. The molecule has 0 spiro atoms. The molecule has 1 aliphatic rings. The van der Waals surface area contributed by atoms with Gasteiger partial charge in [0.05, 0.1) is 5.41 Å². The smallest absolute Gasteiger partial charge is 0.255 e. The number of nitrogens with one attached hydrogen (secondary N) is 1. The van der Waals surface area contributed by atoms with E-state index in [1.54, 1.807) is 0 Å². The largest absolute Gasteiger partial charge is 0.274 e. The molecule has 2 nitrogen and oxygen atoms in total. The van der Waals surface area contributed by atoms with Crippen LogP contribution in [0.2, 0.25) is 0 Å². The van der Waals surface area contributed by atoms with E-state index in [1.807, 2.05) is 0 Å². The number of rotatable bonds is 1. The second kappa shape index (κ2) is 4.42. The molecule has 1 heterocycles. The number of hydrogen-bond donors (Lipinski definition) is 1. The minimum Gasteiger partial charge on any atom is -0.274 e. The van der Waals surface area contributed by atoms with Crippen LogP contribution in [0.5, 0.6) is 0 Å². The number of hydrogen-bond acceptors (Lipinski definition) is 1. The fraction of sp³-hybridized carbons (Fsp3) is 0.562. The average Bonchev–Trinajstić information content (AvgIpc) is 2.63. The molecule has 0 saturated heterocycles. The second-order valence-corrected chi connectivity index (χ2v) is 6.42. The molecule has 18 heavy (non-hydrogen) atoms. The maximum Gasteiger partial charge on any atom is 0.255 e. The first kappa shape index (κ1) is 13.1. The summed E-state index contributed by atoms with van der Waals surface area (Å²) in [5.74, 6) is 1.34. The lowest BCUT2D eigenvalue weighted by atomic mass is 9.94. The molecule has 0 bridgehead atoms. The van der Waals surface area contributed by atoms with E-state index < -0.39 is 0 Å². The van der Waals surface area contributed by atoms with E-state index in [0.717, 1.165) is 13.1 Å². The van der Waals surface area contributed by atoms with Crippen LogP contribution < -0.4 is 5.32 Å². The molecule has 0 aromatic heterocycles. The summed E-state index contributed by atoms with van der Waals surface area (Å²) < 4.78 is 2.46. The van der Waals surface area contributed by atoms with Crippen molar-refractivity contribution in [3.05, 3.63) is 28.8 Å². The maximum absolute atomic E-state index is 3.56. The summed E-state index contributed by atoms with van der Waals surface area (Å²) in [7, 11) is 0. The SMILES string of the molecule is Cc1cc(C)c([N+]2=C(C(C)(C)C)NCC2)c(C)c1. The van der Waals surface area contributed by atoms with Crippen molar-refractivity contribution in [3.8, 4) is 0 Å². The van der Waals surface area contributed by atoms with Crippen molar-refractivity contribution in [3.63, 3.8) is 0 Å². The van der Waals surface area contributed by atoms with Gasteiger partial charge in [0.15, 0.2) is 0 Å². The molecule has 0 atom stereocenters. The third-order valence-electron chi connectivity index (χ3n) is 3.51. The maximum atomic E-state index is 3.56. The van der Waals surface area contributed by atoms with Gasteiger partial charge in [-0.25, -0.2) is 4.58 Å². The van der Waals surface area contributed by atoms with E-state index in [1.165, 1.54) is 28.2 Å². The van der Waals surface area contributed by atoms with Crippen LogP contribution in [0.4, 0.5) is 5.69 Å². The third kappa shape index (κ3) is 2.29. The summed E-state index contributed by atoms with van der Waals surface area (Å²) in [6, 6.07) is 4.56. The second-order valence-electron chi connectivity index (χ2n) is 6.42. The quantitative estimate of drug-likeness (QED) is 0.750. The molecule has 0 radical (unpaired) electrons. The normalized spacial score (nSPS) is 16.1. The van der Waals surface area contributed by atoms with Gasteiger partial charge in [-0.3, -0.25) is 5.32 Å². The fourth-order valence-corrected chi connectivity index (χ4v) is 2.99. The summed E-state index contributed by atoms with van der Waals surface area (Å²) in [5, 5.41) is 3.56. The Kier molecular flexibility index (Phi) is 3.22. The molecular weight excluding hydrogens is 220 g/mol. The first-order valence-corrected chi connectivity index (χ1v) is 6.77. The van der Waals surface area contributed by atoms with Crippen LogP contribution in [0.15, 0.2) is 12.1 Å². The summed E-state index contributed by atoms with van der Waals surface area (Å²) in [6.45, 7) is 15.5. The molecular formula is C16H25N2+. The summed E-state index contributed by atoms with van der Waals surface area (Å²) in [6.07, 6.45) is 0. The Morgan fingerprint density at radius 1 is 1.06 bits per heavy atom. The van der Waals surface area contributed by atoms with E-state index in [4.69, 9.17) is 0 Å². The number of amidine groups is 1. The van der Waals surface area contributed by atoms with E-state index in [-0.39, 0.29) is 5.41 Å². The van der Waals surface area contributed by atoms with Gasteiger partial charge in [-0.05, 0) is 52.7 Å². The van der Waals surface area contributed by atoms with Gasteiger partial charge in [-0.15, -0.1) is 0 Å². The van der Waals surface area contributed by atoms with E-state index in [9.17, 15) is 0 Å². The predicted octanol–water partition coefficient (Wildman–Crippen LogP) is 3.30. The Hall–Kier alpha value is -1.31. The van der Waals surface area contributed by atoms with Crippen LogP contribution in [0.1, 0.15) is 37.5 Å². The van der Waals surface area contributed by atoms with Crippen LogP contribution in [0.25, 0.3) is 0 Å². The van der Waals surface area contributed by atoms with Gasteiger partial charge in [-0.1, -0.05) is 17.7 Å². The van der Waals surface area contributed by atoms with Gasteiger partial charge in [-0.2, -0.15) is 0 Å². The van der Waals surface area contributed by atoms with Gasteiger partial charge in [0, 0.05) is 0 Å². The predicted molar refractivity (Wildman–Crippen MR) is 77.9 cm³/mol. The minimum atomic E-state index is 0.167. The monoisotopic (exact) mass is 245 g/mol. The number of nitrogens with zero attached hydrogens (tertiary/aromatic N) is 1. The Morgan fingerprint density at radius 3 is 2.11 bits per heavy atom. The third-order valence-corrected chi connectivity index (χ3v) is 3.51. The van der Waals surface area contributed by atoms with Gasteiger partial charge in [0.1, 0.15) is 18.8 Å². The molecule has 98 valence electrons. The first-order valence-electron chi connectivity index (χ1n) is 6.77. The zero-order valence-corrected chi connectivity index (χ0v) is 12.5. The van der Waals surface area contributed by atoms with Gasteiger partial charge in [0.2, 0.25) is 0 Å². The standard InChI is InChI=1S/C16H24N2/c1-11-9-12(2)14(13(3)10-11)18-8-7-17-15(18)16(4,5)6/h9-10H,7-8H2,1-6H3/p+1. The van der Waals surface area contributed by atoms with Crippen molar-refractivity contribution in [2.45, 2.75) is 41.5 Å². The summed E-state index contributed by atoms with van der Waals surface area (Å²) in [5.41, 5.74) is 5.64. The first-order chi connectivity index (χ1) is 8.30. The summed E-state index contributed by atoms with van der Waals surface area (Å²) in [4.78, 5) is 0. The molecule has 2 heteroatoms. The topological polar surface area (TPSA) is 15.0 Å². The van der Waals surface area contributed by atoms with E-state index in [2.05, 4.69) is 63.6 Å². The molecule has 0 aliphatic carbocycles. The highest BCUT2D eigenvalue weighted by Crippen LogP contribution is 2.28. The van der Waals surface area contributed by atoms with Crippen molar-refractivity contribution in [2.75, 3.05) is 13.1 Å². The van der Waals surface area contributed by atoms with Crippen molar-refractivity contribution in [2.24, 2.45) is 5.41 Å².